The summed E-state index contributed by atoms with van der Waals surface area (Å²) in [5.74, 6) is 0.569. The molecule has 1 aliphatic carbocycles. The van der Waals surface area contributed by atoms with Crippen molar-refractivity contribution < 1.29 is 17.9 Å². The normalized spacial score (nSPS) is 17.7. The predicted molar refractivity (Wildman–Crippen MR) is 99.6 cm³/mol. The number of amides is 1. The van der Waals surface area contributed by atoms with Crippen molar-refractivity contribution in [3.8, 4) is 5.75 Å². The molecule has 1 aliphatic heterocycles. The Labute approximate surface area is 151 Å². The second-order valence-corrected chi connectivity index (χ2v) is 8.04. The van der Waals surface area contributed by atoms with Crippen molar-refractivity contribution in [2.45, 2.75) is 17.7 Å². The van der Waals surface area contributed by atoms with Crippen molar-refractivity contribution in [3.63, 3.8) is 0 Å². The van der Waals surface area contributed by atoms with E-state index in [9.17, 15) is 13.2 Å². The minimum atomic E-state index is -3.82. The zero-order valence-corrected chi connectivity index (χ0v) is 15.0. The molecule has 0 saturated heterocycles. The summed E-state index contributed by atoms with van der Waals surface area (Å²) in [6.45, 7) is 0. The van der Waals surface area contributed by atoms with Crippen LogP contribution in [-0.4, -0.2) is 21.4 Å². The van der Waals surface area contributed by atoms with Gasteiger partial charge in [-0.05, 0) is 49.1 Å². The summed E-state index contributed by atoms with van der Waals surface area (Å²) in [6, 6.07) is 11.5. The smallest absolute Gasteiger partial charge is 0.265 e. The molecule has 2 aliphatic rings. The first-order valence-corrected chi connectivity index (χ1v) is 9.80. The summed E-state index contributed by atoms with van der Waals surface area (Å²) in [5, 5.41) is 2.82. The van der Waals surface area contributed by atoms with Crippen molar-refractivity contribution in [1.82, 2.24) is 0 Å². The number of nitrogens with one attached hydrogen (secondary N) is 2. The number of methoxy groups -OCH3 is 1. The number of anilines is 2. The van der Waals surface area contributed by atoms with E-state index in [-0.39, 0.29) is 16.6 Å². The average molecular weight is 370 g/mol. The number of fused-ring (bicyclic) bond motifs is 1. The molecule has 0 aromatic heterocycles. The monoisotopic (exact) mass is 370 g/mol. The molecule has 0 bridgehead atoms. The lowest BCUT2D eigenvalue weighted by Gasteiger charge is -2.12. The number of rotatable bonds is 5. The standard InChI is InChI=1S/C19H18N2O4S/c1-25-17-4-2-3-5-18(17)26(23,24)21-13-8-9-16-14(11-13)15(19(22)20-16)10-12-6-7-12/h2-5,8-12,21H,6-7H2,1H3,(H,20,22)/b15-10-. The third-order valence-electron chi connectivity index (χ3n) is 4.44. The van der Waals surface area contributed by atoms with E-state index in [2.05, 4.69) is 10.0 Å². The Hall–Kier alpha value is -2.80. The number of hydrogen-bond donors (Lipinski definition) is 2. The largest absolute Gasteiger partial charge is 0.495 e. The van der Waals surface area contributed by atoms with Crippen LogP contribution in [-0.2, 0) is 14.8 Å². The van der Waals surface area contributed by atoms with E-state index in [1.165, 1.54) is 13.2 Å². The van der Waals surface area contributed by atoms with Crippen LogP contribution in [0.15, 0.2) is 53.4 Å². The number of allylic oxidation sites excluding steroid dienone is 1. The summed E-state index contributed by atoms with van der Waals surface area (Å²) in [4.78, 5) is 12.2. The number of hydrogen-bond acceptors (Lipinski definition) is 4. The third kappa shape index (κ3) is 3.06. The van der Waals surface area contributed by atoms with Gasteiger partial charge in [0, 0.05) is 22.5 Å². The molecule has 2 aromatic rings. The van der Waals surface area contributed by atoms with E-state index in [0.717, 1.165) is 18.4 Å². The highest BCUT2D eigenvalue weighted by Gasteiger charge is 2.29. The number of benzene rings is 2. The number of ether oxygens (including phenoxy) is 1. The van der Waals surface area contributed by atoms with Crippen molar-refractivity contribution >= 4 is 32.9 Å². The molecule has 0 unspecified atom stereocenters. The van der Waals surface area contributed by atoms with Crippen LogP contribution in [0.4, 0.5) is 11.4 Å². The molecule has 1 heterocycles. The van der Waals surface area contributed by atoms with Gasteiger partial charge < -0.3 is 10.1 Å². The van der Waals surface area contributed by atoms with Crippen molar-refractivity contribution in [2.75, 3.05) is 17.1 Å². The first-order chi connectivity index (χ1) is 12.5. The first-order valence-electron chi connectivity index (χ1n) is 8.31. The number of sulfonamides is 1. The van der Waals surface area contributed by atoms with Crippen molar-refractivity contribution in [3.05, 3.63) is 54.1 Å². The summed E-state index contributed by atoms with van der Waals surface area (Å²) < 4.78 is 33.2. The maximum Gasteiger partial charge on any atom is 0.265 e. The third-order valence-corrected chi connectivity index (χ3v) is 5.86. The Bertz CT molecular complexity index is 1020. The van der Waals surface area contributed by atoms with Gasteiger partial charge in [0.15, 0.2) is 0 Å². The summed E-state index contributed by atoms with van der Waals surface area (Å²) in [7, 11) is -2.39. The molecule has 2 N–H and O–H groups in total. The van der Waals surface area contributed by atoms with Gasteiger partial charge in [-0.1, -0.05) is 18.2 Å². The molecule has 0 atom stereocenters. The van der Waals surface area contributed by atoms with Crippen molar-refractivity contribution in [1.29, 1.82) is 0 Å². The molecule has 2 aromatic carbocycles. The van der Waals surface area contributed by atoms with Crippen LogP contribution < -0.4 is 14.8 Å². The molecule has 6 nitrogen and oxygen atoms in total. The predicted octanol–water partition coefficient (Wildman–Crippen LogP) is 3.24. The highest BCUT2D eigenvalue weighted by atomic mass is 32.2. The summed E-state index contributed by atoms with van der Waals surface area (Å²) >= 11 is 0. The quantitative estimate of drug-likeness (QED) is 0.792. The van der Waals surface area contributed by atoms with E-state index < -0.39 is 10.0 Å². The molecular formula is C19H18N2O4S. The van der Waals surface area contributed by atoms with Crippen LogP contribution in [0.2, 0.25) is 0 Å². The minimum absolute atomic E-state index is 0.0611. The Morgan fingerprint density at radius 1 is 1.19 bits per heavy atom. The average Bonchev–Trinajstić information content (AvgIpc) is 3.39. The van der Waals surface area contributed by atoms with Crippen LogP contribution in [0.1, 0.15) is 18.4 Å². The van der Waals surface area contributed by atoms with Crippen LogP contribution in [0, 0.1) is 5.92 Å². The molecule has 1 saturated carbocycles. The van der Waals surface area contributed by atoms with Gasteiger partial charge in [-0.2, -0.15) is 0 Å². The second kappa shape index (κ2) is 6.17. The molecule has 4 rings (SSSR count). The fourth-order valence-corrected chi connectivity index (χ4v) is 4.19. The molecule has 134 valence electrons. The fourth-order valence-electron chi connectivity index (χ4n) is 2.97. The van der Waals surface area contributed by atoms with Gasteiger partial charge in [0.1, 0.15) is 10.6 Å². The fraction of sp³-hybridized carbons (Fsp3) is 0.211. The Balaban J connectivity index is 1.68. The lowest BCUT2D eigenvalue weighted by atomic mass is 10.1. The maximum atomic E-state index is 12.7. The van der Waals surface area contributed by atoms with Gasteiger partial charge in [-0.15, -0.1) is 0 Å². The molecule has 26 heavy (non-hydrogen) atoms. The minimum Gasteiger partial charge on any atom is -0.495 e. The van der Waals surface area contributed by atoms with Crippen LogP contribution in [0.3, 0.4) is 0 Å². The lowest BCUT2D eigenvalue weighted by Crippen LogP contribution is -2.14. The zero-order valence-electron chi connectivity index (χ0n) is 14.2. The molecular weight excluding hydrogens is 352 g/mol. The molecule has 1 amide bonds. The van der Waals surface area contributed by atoms with Gasteiger partial charge in [-0.25, -0.2) is 8.42 Å². The molecule has 1 fully saturated rings. The Morgan fingerprint density at radius 2 is 1.96 bits per heavy atom. The maximum absolute atomic E-state index is 12.7. The number of para-hydroxylation sites is 1. The molecule has 0 radical (unpaired) electrons. The van der Waals surface area contributed by atoms with Crippen LogP contribution in [0.25, 0.3) is 5.57 Å². The van der Waals surface area contributed by atoms with Gasteiger partial charge >= 0.3 is 0 Å². The van der Waals surface area contributed by atoms with E-state index in [4.69, 9.17) is 4.74 Å². The first kappa shape index (κ1) is 16.7. The topological polar surface area (TPSA) is 84.5 Å². The highest BCUT2D eigenvalue weighted by molar-refractivity contribution is 7.92. The molecule has 0 spiro atoms. The lowest BCUT2D eigenvalue weighted by molar-refractivity contribution is -0.110. The summed E-state index contributed by atoms with van der Waals surface area (Å²) in [6.07, 6.45) is 4.15. The van der Waals surface area contributed by atoms with E-state index in [1.54, 1.807) is 36.4 Å². The number of carbonyl (C=O) groups is 1. The highest BCUT2D eigenvalue weighted by Crippen LogP contribution is 2.39. The molecule has 7 heteroatoms. The van der Waals surface area contributed by atoms with Crippen LogP contribution >= 0.6 is 0 Å². The van der Waals surface area contributed by atoms with Crippen molar-refractivity contribution in [2.24, 2.45) is 5.92 Å². The summed E-state index contributed by atoms with van der Waals surface area (Å²) in [5.41, 5.74) is 2.43. The van der Waals surface area contributed by atoms with Gasteiger partial charge in [0.05, 0.1) is 7.11 Å². The van der Waals surface area contributed by atoms with Gasteiger partial charge in [-0.3, -0.25) is 9.52 Å². The van der Waals surface area contributed by atoms with Crippen LogP contribution in [0.5, 0.6) is 5.75 Å². The van der Waals surface area contributed by atoms with Gasteiger partial charge in [0.25, 0.3) is 15.9 Å². The van der Waals surface area contributed by atoms with E-state index in [0.29, 0.717) is 22.9 Å². The van der Waals surface area contributed by atoms with E-state index in [1.807, 2.05) is 6.08 Å². The second-order valence-electron chi connectivity index (χ2n) is 6.39. The van der Waals surface area contributed by atoms with E-state index >= 15 is 0 Å². The Morgan fingerprint density at radius 3 is 2.69 bits per heavy atom. The zero-order chi connectivity index (χ0) is 18.3. The Kier molecular flexibility index (Phi) is 3.96. The SMILES string of the molecule is COc1ccccc1S(=O)(=O)Nc1ccc2c(c1)/C(=C/C1CC1)C(=O)N2. The van der Waals surface area contributed by atoms with Gasteiger partial charge in [0.2, 0.25) is 0 Å². The number of carbonyl (C=O) groups excluding carboxylic acids is 1.